The Bertz CT molecular complexity index is 342. The van der Waals surface area contributed by atoms with Crippen molar-refractivity contribution < 1.29 is 9.47 Å². The molecule has 0 radical (unpaired) electrons. The quantitative estimate of drug-likeness (QED) is 0.602. The third-order valence-electron chi connectivity index (χ3n) is 2.73. The Morgan fingerprint density at radius 1 is 1.50 bits per heavy atom. The zero-order valence-corrected chi connectivity index (χ0v) is 11.4. The summed E-state index contributed by atoms with van der Waals surface area (Å²) < 4.78 is 11.0. The number of anilines is 1. The van der Waals surface area contributed by atoms with Gasteiger partial charge in [0.25, 0.3) is 0 Å². The summed E-state index contributed by atoms with van der Waals surface area (Å²) >= 11 is 1.58. The van der Waals surface area contributed by atoms with Crippen LogP contribution >= 0.6 is 11.8 Å². The van der Waals surface area contributed by atoms with Crippen molar-refractivity contribution in [2.45, 2.75) is 24.0 Å². The van der Waals surface area contributed by atoms with Crippen molar-refractivity contribution in [1.82, 2.24) is 10.2 Å². The van der Waals surface area contributed by atoms with Crippen molar-refractivity contribution in [2.75, 3.05) is 37.9 Å². The largest absolute Gasteiger partial charge is 0.377 e. The van der Waals surface area contributed by atoms with Crippen molar-refractivity contribution >= 4 is 17.6 Å². The average Bonchev–Trinajstić information content (AvgIpc) is 2.92. The van der Waals surface area contributed by atoms with Crippen LogP contribution in [0.1, 0.15) is 12.8 Å². The molecule has 0 bridgehead atoms. The third-order valence-corrected chi connectivity index (χ3v) is 3.37. The summed E-state index contributed by atoms with van der Waals surface area (Å²) in [6, 6.07) is 3.88. The molecule has 5 nitrogen and oxygen atoms in total. The van der Waals surface area contributed by atoms with Gasteiger partial charge in [-0.25, -0.2) is 0 Å². The van der Waals surface area contributed by atoms with Gasteiger partial charge in [0.15, 0.2) is 0 Å². The summed E-state index contributed by atoms with van der Waals surface area (Å²) in [6.07, 6.45) is 4.56. The van der Waals surface area contributed by atoms with Crippen LogP contribution in [0.25, 0.3) is 0 Å². The standard InChI is InChI=1S/C12H19N3O2S/c1-18-12-5-4-11(14-15-12)13-6-8-16-9-10-3-2-7-17-10/h4-5,10H,2-3,6-9H2,1H3,(H,13,14). The lowest BCUT2D eigenvalue weighted by Crippen LogP contribution is -2.18. The highest BCUT2D eigenvalue weighted by Crippen LogP contribution is 2.12. The predicted octanol–water partition coefficient (Wildman–Crippen LogP) is 1.81. The number of aromatic nitrogens is 2. The monoisotopic (exact) mass is 269 g/mol. The maximum absolute atomic E-state index is 5.54. The zero-order valence-electron chi connectivity index (χ0n) is 10.6. The molecule has 1 N–H and O–H groups in total. The van der Waals surface area contributed by atoms with Crippen molar-refractivity contribution in [1.29, 1.82) is 0 Å². The maximum atomic E-state index is 5.54. The molecule has 1 aliphatic heterocycles. The fourth-order valence-electron chi connectivity index (χ4n) is 1.77. The van der Waals surface area contributed by atoms with E-state index in [0.29, 0.717) is 19.3 Å². The normalized spacial score (nSPS) is 19.1. The number of hydrogen-bond donors (Lipinski definition) is 1. The highest BCUT2D eigenvalue weighted by Gasteiger charge is 2.14. The van der Waals surface area contributed by atoms with Crippen molar-refractivity contribution in [3.8, 4) is 0 Å². The summed E-state index contributed by atoms with van der Waals surface area (Å²) in [4.78, 5) is 0. The number of hydrogen-bond acceptors (Lipinski definition) is 6. The fraction of sp³-hybridized carbons (Fsp3) is 0.667. The van der Waals surface area contributed by atoms with Gasteiger partial charge in [-0.05, 0) is 31.2 Å². The van der Waals surface area contributed by atoms with Crippen molar-refractivity contribution in [2.24, 2.45) is 0 Å². The van der Waals surface area contributed by atoms with Gasteiger partial charge in [-0.15, -0.1) is 22.0 Å². The smallest absolute Gasteiger partial charge is 0.148 e. The lowest BCUT2D eigenvalue weighted by atomic mass is 10.2. The molecule has 1 aromatic heterocycles. The molecule has 6 heteroatoms. The number of rotatable bonds is 7. The first-order valence-electron chi connectivity index (χ1n) is 6.19. The van der Waals surface area contributed by atoms with Crippen LogP contribution in [0.5, 0.6) is 0 Å². The topological polar surface area (TPSA) is 56.3 Å². The number of ether oxygens (including phenoxy) is 2. The molecule has 0 amide bonds. The van der Waals surface area contributed by atoms with E-state index in [1.807, 2.05) is 18.4 Å². The second-order valence-electron chi connectivity index (χ2n) is 4.10. The molecule has 1 saturated heterocycles. The van der Waals surface area contributed by atoms with Crippen LogP contribution < -0.4 is 5.32 Å². The van der Waals surface area contributed by atoms with Crippen molar-refractivity contribution in [3.05, 3.63) is 12.1 Å². The van der Waals surface area contributed by atoms with Gasteiger partial charge < -0.3 is 14.8 Å². The second-order valence-corrected chi connectivity index (χ2v) is 4.92. The van der Waals surface area contributed by atoms with E-state index in [1.54, 1.807) is 11.8 Å². The first-order chi connectivity index (χ1) is 8.88. The van der Waals surface area contributed by atoms with E-state index in [-0.39, 0.29) is 0 Å². The Kier molecular flexibility index (Phi) is 5.70. The Hall–Kier alpha value is -0.850. The lowest BCUT2D eigenvalue weighted by Gasteiger charge is -2.10. The van der Waals surface area contributed by atoms with Gasteiger partial charge in [0.05, 0.1) is 19.3 Å². The minimum atomic E-state index is 0.297. The number of thioether (sulfide) groups is 1. The van der Waals surface area contributed by atoms with Crippen LogP contribution in [0.2, 0.25) is 0 Å². The molecule has 1 aliphatic rings. The van der Waals surface area contributed by atoms with Gasteiger partial charge in [0.1, 0.15) is 10.8 Å². The van der Waals surface area contributed by atoms with Crippen LogP contribution in [0, 0.1) is 0 Å². The van der Waals surface area contributed by atoms with Gasteiger partial charge in [0.2, 0.25) is 0 Å². The molecule has 2 heterocycles. The van der Waals surface area contributed by atoms with Gasteiger partial charge in [-0.2, -0.15) is 0 Å². The van der Waals surface area contributed by atoms with Crippen LogP contribution in [-0.4, -0.2) is 48.9 Å². The molecular formula is C12H19N3O2S. The second kappa shape index (κ2) is 7.56. The van der Waals surface area contributed by atoms with E-state index in [2.05, 4.69) is 15.5 Å². The summed E-state index contributed by atoms with van der Waals surface area (Å²) in [5.74, 6) is 0.786. The Balaban J connectivity index is 1.56. The van der Waals surface area contributed by atoms with Gasteiger partial charge in [-0.3, -0.25) is 0 Å². The zero-order chi connectivity index (χ0) is 12.6. The summed E-state index contributed by atoms with van der Waals surface area (Å²) in [7, 11) is 0. The molecule has 1 atom stereocenters. The molecule has 2 rings (SSSR count). The minimum Gasteiger partial charge on any atom is -0.377 e. The molecule has 1 aromatic rings. The van der Waals surface area contributed by atoms with Gasteiger partial charge in [-0.1, -0.05) is 0 Å². The number of nitrogens with zero attached hydrogens (tertiary/aromatic N) is 2. The van der Waals surface area contributed by atoms with E-state index >= 15 is 0 Å². The first kappa shape index (κ1) is 13.6. The first-order valence-corrected chi connectivity index (χ1v) is 7.42. The van der Waals surface area contributed by atoms with E-state index in [1.165, 1.54) is 0 Å². The molecular weight excluding hydrogens is 250 g/mol. The van der Waals surface area contributed by atoms with Crippen molar-refractivity contribution in [3.63, 3.8) is 0 Å². The van der Waals surface area contributed by atoms with Crippen LogP contribution in [0.15, 0.2) is 17.2 Å². The predicted molar refractivity (Wildman–Crippen MR) is 72.1 cm³/mol. The number of nitrogens with one attached hydrogen (secondary N) is 1. The highest BCUT2D eigenvalue weighted by atomic mass is 32.2. The highest BCUT2D eigenvalue weighted by molar-refractivity contribution is 7.98. The Labute approximate surface area is 112 Å². The Morgan fingerprint density at radius 3 is 3.11 bits per heavy atom. The van der Waals surface area contributed by atoms with Crippen LogP contribution in [0.4, 0.5) is 5.82 Å². The van der Waals surface area contributed by atoms with E-state index in [4.69, 9.17) is 9.47 Å². The van der Waals surface area contributed by atoms with Gasteiger partial charge >= 0.3 is 0 Å². The summed E-state index contributed by atoms with van der Waals surface area (Å²) in [6.45, 7) is 2.97. The molecule has 0 saturated carbocycles. The Morgan fingerprint density at radius 2 is 2.44 bits per heavy atom. The maximum Gasteiger partial charge on any atom is 0.148 e. The van der Waals surface area contributed by atoms with E-state index < -0.39 is 0 Å². The molecule has 1 fully saturated rings. The SMILES string of the molecule is CSc1ccc(NCCOCC2CCCO2)nn1. The molecule has 0 spiro atoms. The fourth-order valence-corrected chi connectivity index (χ4v) is 2.09. The van der Waals surface area contributed by atoms with Gasteiger partial charge in [0, 0.05) is 13.2 Å². The molecule has 1 unspecified atom stereocenters. The third kappa shape index (κ3) is 4.44. The van der Waals surface area contributed by atoms with E-state index in [0.717, 1.165) is 36.8 Å². The summed E-state index contributed by atoms with van der Waals surface area (Å²) in [5, 5.41) is 12.2. The van der Waals surface area contributed by atoms with E-state index in [9.17, 15) is 0 Å². The van der Waals surface area contributed by atoms with Crippen LogP contribution in [0.3, 0.4) is 0 Å². The lowest BCUT2D eigenvalue weighted by molar-refractivity contribution is 0.0206. The molecule has 100 valence electrons. The summed E-state index contributed by atoms with van der Waals surface area (Å²) in [5.41, 5.74) is 0. The molecule has 18 heavy (non-hydrogen) atoms. The minimum absolute atomic E-state index is 0.297. The van der Waals surface area contributed by atoms with Crippen LogP contribution in [-0.2, 0) is 9.47 Å². The average molecular weight is 269 g/mol. The molecule has 0 aromatic carbocycles. The molecule has 0 aliphatic carbocycles.